The fourth-order valence-corrected chi connectivity index (χ4v) is 2.44. The topological polar surface area (TPSA) is 38.3 Å². The van der Waals surface area contributed by atoms with E-state index >= 15 is 0 Å². The van der Waals surface area contributed by atoms with Crippen LogP contribution in [0.15, 0.2) is 42.5 Å². The molecule has 0 radical (unpaired) electrons. The van der Waals surface area contributed by atoms with Gasteiger partial charge in [0.1, 0.15) is 0 Å². The van der Waals surface area contributed by atoms with Gasteiger partial charge in [-0.2, -0.15) is 0 Å². The van der Waals surface area contributed by atoms with Gasteiger partial charge in [0.15, 0.2) is 0 Å². The Kier molecular flexibility index (Phi) is 2.95. The van der Waals surface area contributed by atoms with Gasteiger partial charge in [0, 0.05) is 12.2 Å². The molecule has 19 heavy (non-hydrogen) atoms. The van der Waals surface area contributed by atoms with Crippen molar-refractivity contribution in [2.45, 2.75) is 13.0 Å². The molecule has 0 unspecified atom stereocenters. The van der Waals surface area contributed by atoms with E-state index in [1.54, 1.807) is 0 Å². The Bertz CT molecular complexity index is 634. The molecule has 0 aromatic heterocycles. The second-order valence-corrected chi connectivity index (χ2v) is 4.66. The lowest BCUT2D eigenvalue weighted by Gasteiger charge is -2.09. The Morgan fingerprint density at radius 1 is 1.11 bits per heavy atom. The first-order valence-electron chi connectivity index (χ1n) is 6.30. The third-order valence-corrected chi connectivity index (χ3v) is 3.50. The predicted molar refractivity (Wildman–Crippen MR) is 74.4 cm³/mol. The highest BCUT2D eigenvalue weighted by molar-refractivity contribution is 5.90. The van der Waals surface area contributed by atoms with Crippen molar-refractivity contribution in [2.75, 3.05) is 12.4 Å². The number of rotatable bonds is 1. The molecule has 2 aromatic rings. The van der Waals surface area contributed by atoms with Crippen molar-refractivity contribution in [3.05, 3.63) is 64.7 Å². The standard InChI is InChI=1S/C16H15NO2/c1-19-16(18)13-7-6-12-8-11-4-2-3-5-14(11)10-17-15(12)9-13/h2-7,9,17H,8,10H2,1H3. The maximum absolute atomic E-state index is 11.6. The Morgan fingerprint density at radius 2 is 1.89 bits per heavy atom. The average molecular weight is 253 g/mol. The lowest BCUT2D eigenvalue weighted by molar-refractivity contribution is 0.0601. The van der Waals surface area contributed by atoms with Gasteiger partial charge in [-0.15, -0.1) is 0 Å². The Hall–Kier alpha value is -2.29. The molecule has 0 fully saturated rings. The van der Waals surface area contributed by atoms with Gasteiger partial charge < -0.3 is 10.1 Å². The van der Waals surface area contributed by atoms with Crippen LogP contribution >= 0.6 is 0 Å². The first-order chi connectivity index (χ1) is 9.28. The van der Waals surface area contributed by atoms with Gasteiger partial charge in [0.2, 0.25) is 0 Å². The molecular formula is C16H15NO2. The number of carbonyl (C=O) groups excluding carboxylic acids is 1. The molecule has 3 rings (SSSR count). The number of esters is 1. The molecule has 2 aromatic carbocycles. The van der Waals surface area contributed by atoms with Crippen LogP contribution in [0.25, 0.3) is 0 Å². The molecule has 0 saturated carbocycles. The quantitative estimate of drug-likeness (QED) is 0.794. The molecule has 1 heterocycles. The van der Waals surface area contributed by atoms with Crippen molar-refractivity contribution in [1.29, 1.82) is 0 Å². The summed E-state index contributed by atoms with van der Waals surface area (Å²) in [6.45, 7) is 0.786. The maximum atomic E-state index is 11.6. The van der Waals surface area contributed by atoms with E-state index in [0.29, 0.717) is 5.56 Å². The molecule has 0 atom stereocenters. The second-order valence-electron chi connectivity index (χ2n) is 4.66. The summed E-state index contributed by atoms with van der Waals surface area (Å²) in [5, 5.41) is 3.39. The summed E-state index contributed by atoms with van der Waals surface area (Å²) in [5.41, 5.74) is 5.44. The molecule has 0 saturated heterocycles. The van der Waals surface area contributed by atoms with Crippen LogP contribution in [0.1, 0.15) is 27.0 Å². The number of carbonyl (C=O) groups is 1. The maximum Gasteiger partial charge on any atom is 0.337 e. The molecule has 0 amide bonds. The second kappa shape index (κ2) is 4.76. The number of fused-ring (bicyclic) bond motifs is 2. The fraction of sp³-hybridized carbons (Fsp3) is 0.188. The number of hydrogen-bond acceptors (Lipinski definition) is 3. The minimum absolute atomic E-state index is 0.300. The first-order valence-corrected chi connectivity index (χ1v) is 6.30. The summed E-state index contributed by atoms with van der Waals surface area (Å²) in [5.74, 6) is -0.300. The van der Waals surface area contributed by atoms with Crippen LogP contribution in [0.4, 0.5) is 5.69 Å². The number of hydrogen-bond donors (Lipinski definition) is 1. The van der Waals surface area contributed by atoms with E-state index in [1.165, 1.54) is 23.8 Å². The van der Waals surface area contributed by atoms with E-state index in [0.717, 1.165) is 18.7 Å². The summed E-state index contributed by atoms with van der Waals surface area (Å²) >= 11 is 0. The minimum atomic E-state index is -0.300. The van der Waals surface area contributed by atoms with E-state index in [1.807, 2.05) is 18.2 Å². The van der Waals surface area contributed by atoms with Crippen molar-refractivity contribution >= 4 is 11.7 Å². The summed E-state index contributed by atoms with van der Waals surface area (Å²) in [6.07, 6.45) is 0.889. The molecule has 0 aliphatic carbocycles. The summed E-state index contributed by atoms with van der Waals surface area (Å²) in [6, 6.07) is 14.1. The zero-order valence-electron chi connectivity index (χ0n) is 10.8. The summed E-state index contributed by atoms with van der Waals surface area (Å²) in [7, 11) is 1.40. The van der Waals surface area contributed by atoms with Crippen molar-refractivity contribution < 1.29 is 9.53 Å². The minimum Gasteiger partial charge on any atom is -0.465 e. The monoisotopic (exact) mass is 253 g/mol. The van der Waals surface area contributed by atoms with Crippen molar-refractivity contribution in [1.82, 2.24) is 0 Å². The Labute approximate surface area is 112 Å². The van der Waals surface area contributed by atoms with Crippen molar-refractivity contribution in [2.24, 2.45) is 0 Å². The zero-order chi connectivity index (χ0) is 13.2. The van der Waals surface area contributed by atoms with Crippen LogP contribution in [-0.4, -0.2) is 13.1 Å². The smallest absolute Gasteiger partial charge is 0.337 e. The molecule has 3 nitrogen and oxygen atoms in total. The number of nitrogens with one attached hydrogen (secondary N) is 1. The highest BCUT2D eigenvalue weighted by Gasteiger charge is 2.14. The van der Waals surface area contributed by atoms with Crippen LogP contribution in [0.3, 0.4) is 0 Å². The van der Waals surface area contributed by atoms with Crippen molar-refractivity contribution in [3.8, 4) is 0 Å². The number of methoxy groups -OCH3 is 1. The average Bonchev–Trinajstić information content (AvgIpc) is 2.64. The van der Waals surface area contributed by atoms with Gasteiger partial charge in [-0.3, -0.25) is 0 Å². The van der Waals surface area contributed by atoms with E-state index < -0.39 is 0 Å². The lowest BCUT2D eigenvalue weighted by Crippen LogP contribution is -2.04. The highest BCUT2D eigenvalue weighted by Crippen LogP contribution is 2.27. The van der Waals surface area contributed by atoms with Gasteiger partial charge in [0.05, 0.1) is 12.7 Å². The molecule has 1 aliphatic rings. The predicted octanol–water partition coefficient (Wildman–Crippen LogP) is 2.99. The normalized spacial score (nSPS) is 12.7. The van der Waals surface area contributed by atoms with E-state index in [9.17, 15) is 4.79 Å². The van der Waals surface area contributed by atoms with Crippen molar-refractivity contribution in [3.63, 3.8) is 0 Å². The third kappa shape index (κ3) is 2.19. The molecule has 96 valence electrons. The molecular weight excluding hydrogens is 238 g/mol. The zero-order valence-corrected chi connectivity index (χ0v) is 10.8. The lowest BCUT2D eigenvalue weighted by atomic mass is 10.00. The van der Waals surface area contributed by atoms with Gasteiger partial charge >= 0.3 is 5.97 Å². The number of ether oxygens (including phenoxy) is 1. The summed E-state index contributed by atoms with van der Waals surface area (Å²) < 4.78 is 4.75. The van der Waals surface area contributed by atoms with Crippen LogP contribution in [0.2, 0.25) is 0 Å². The van der Waals surface area contributed by atoms with E-state index in [4.69, 9.17) is 4.74 Å². The van der Waals surface area contributed by atoms with Gasteiger partial charge in [-0.05, 0) is 35.2 Å². The fourth-order valence-electron chi connectivity index (χ4n) is 2.44. The Balaban J connectivity index is 1.99. The van der Waals surface area contributed by atoms with Crippen LogP contribution in [-0.2, 0) is 17.7 Å². The van der Waals surface area contributed by atoms with Crippen LogP contribution < -0.4 is 5.32 Å². The largest absolute Gasteiger partial charge is 0.465 e. The van der Waals surface area contributed by atoms with Crippen LogP contribution in [0, 0.1) is 0 Å². The van der Waals surface area contributed by atoms with Gasteiger partial charge in [0.25, 0.3) is 0 Å². The molecule has 0 bridgehead atoms. The summed E-state index contributed by atoms with van der Waals surface area (Å²) in [4.78, 5) is 11.6. The van der Waals surface area contributed by atoms with E-state index in [-0.39, 0.29) is 5.97 Å². The van der Waals surface area contributed by atoms with Gasteiger partial charge in [-0.1, -0.05) is 30.3 Å². The third-order valence-electron chi connectivity index (χ3n) is 3.50. The number of benzene rings is 2. The number of anilines is 1. The molecule has 3 heteroatoms. The highest BCUT2D eigenvalue weighted by atomic mass is 16.5. The molecule has 0 spiro atoms. The molecule has 1 N–H and O–H groups in total. The van der Waals surface area contributed by atoms with Crippen LogP contribution in [0.5, 0.6) is 0 Å². The molecule has 1 aliphatic heterocycles. The SMILES string of the molecule is COC(=O)c1ccc2c(c1)NCc1ccccc1C2. The Morgan fingerprint density at radius 3 is 2.68 bits per heavy atom. The van der Waals surface area contributed by atoms with Gasteiger partial charge in [-0.25, -0.2) is 4.79 Å². The first kappa shape index (κ1) is 11.8. The van der Waals surface area contributed by atoms with E-state index in [2.05, 4.69) is 29.6 Å².